The number of nitrogens with zero attached hydrogens (tertiary/aromatic N) is 2. The van der Waals surface area contributed by atoms with Crippen LogP contribution in [0.25, 0.3) is 22.3 Å². The third-order valence-corrected chi connectivity index (χ3v) is 12.9. The fourth-order valence-corrected chi connectivity index (χ4v) is 10.2. The number of hydrogen-bond acceptors (Lipinski definition) is 2. The smallest absolute Gasteiger partial charge is 0.0603 e. The van der Waals surface area contributed by atoms with E-state index in [0.29, 0.717) is 0 Å². The Labute approximate surface area is 332 Å². The number of hydrogen-bond donors (Lipinski definition) is 0. The first-order valence-electron chi connectivity index (χ1n) is 20.3. The Morgan fingerprint density at radius 2 is 1.04 bits per heavy atom. The zero-order valence-corrected chi connectivity index (χ0v) is 32.8. The van der Waals surface area contributed by atoms with Crippen LogP contribution >= 0.6 is 0 Å². The molecule has 0 aromatic heterocycles. The van der Waals surface area contributed by atoms with E-state index in [1.807, 2.05) is 0 Å². The molecule has 0 bridgehead atoms. The van der Waals surface area contributed by atoms with Crippen LogP contribution in [0.4, 0.5) is 28.4 Å². The standard InChI is InChI=1S/C54H48N2/c1-53(2)48-23-13-11-20-44(48)46-35-34-43(36-50(46)53)55(39-16-7-5-8-17-39)41-30-26-37(27-31-41)38-28-32-42(33-29-38)56(40-18-9-6-10-19-40)51-25-15-22-47-45-21-12-14-24-49(45)54(3,4)52(47)51/h5-12,14-22,24,26-36,51H,13,23,25H2,1-4H3. The van der Waals surface area contributed by atoms with Crippen LogP contribution in [0.2, 0.25) is 0 Å². The average molecular weight is 725 g/mol. The highest BCUT2D eigenvalue weighted by molar-refractivity contribution is 5.91. The number of rotatable bonds is 7. The Morgan fingerprint density at radius 3 is 1.75 bits per heavy atom. The molecule has 0 heterocycles. The lowest BCUT2D eigenvalue weighted by atomic mass is 9.75. The minimum absolute atomic E-state index is 0.0190. The van der Waals surface area contributed by atoms with Gasteiger partial charge in [-0.15, -0.1) is 0 Å². The predicted octanol–water partition coefficient (Wildman–Crippen LogP) is 14.4. The Balaban J connectivity index is 0.982. The predicted molar refractivity (Wildman–Crippen MR) is 237 cm³/mol. The van der Waals surface area contributed by atoms with Gasteiger partial charge in [-0.2, -0.15) is 0 Å². The van der Waals surface area contributed by atoms with E-state index in [-0.39, 0.29) is 16.9 Å². The van der Waals surface area contributed by atoms with Crippen molar-refractivity contribution in [3.63, 3.8) is 0 Å². The maximum atomic E-state index is 2.57. The van der Waals surface area contributed by atoms with E-state index >= 15 is 0 Å². The van der Waals surface area contributed by atoms with Crippen molar-refractivity contribution in [1.29, 1.82) is 0 Å². The minimum atomic E-state index is -0.0621. The van der Waals surface area contributed by atoms with Crippen molar-refractivity contribution in [1.82, 2.24) is 0 Å². The third-order valence-electron chi connectivity index (χ3n) is 12.9. The molecular weight excluding hydrogens is 677 g/mol. The molecule has 6 aromatic rings. The maximum Gasteiger partial charge on any atom is 0.0603 e. The first kappa shape index (κ1) is 34.4. The van der Waals surface area contributed by atoms with Gasteiger partial charge >= 0.3 is 0 Å². The zero-order valence-electron chi connectivity index (χ0n) is 32.8. The maximum absolute atomic E-state index is 2.57. The first-order chi connectivity index (χ1) is 27.3. The summed E-state index contributed by atoms with van der Waals surface area (Å²) in [6.07, 6.45) is 12.6. The Kier molecular flexibility index (Phi) is 8.15. The summed E-state index contributed by atoms with van der Waals surface area (Å²) in [6, 6.07) is 56.3. The molecule has 6 aromatic carbocycles. The van der Waals surface area contributed by atoms with Crippen molar-refractivity contribution in [2.45, 2.75) is 63.8 Å². The highest BCUT2D eigenvalue weighted by Gasteiger charge is 2.43. The Hall–Kier alpha value is -6.12. The van der Waals surface area contributed by atoms with Gasteiger partial charge in [-0.05, 0) is 130 Å². The molecule has 4 aliphatic rings. The van der Waals surface area contributed by atoms with Crippen molar-refractivity contribution in [3.8, 4) is 11.1 Å². The highest BCUT2D eigenvalue weighted by atomic mass is 15.2. The fourth-order valence-electron chi connectivity index (χ4n) is 10.2. The van der Waals surface area contributed by atoms with Crippen molar-refractivity contribution in [2.24, 2.45) is 0 Å². The summed E-state index contributed by atoms with van der Waals surface area (Å²) in [4.78, 5) is 4.97. The van der Waals surface area contributed by atoms with Gasteiger partial charge < -0.3 is 9.80 Å². The molecule has 0 saturated heterocycles. The minimum Gasteiger partial charge on any atom is -0.334 e. The molecule has 0 spiro atoms. The van der Waals surface area contributed by atoms with Crippen LogP contribution in [0.1, 0.15) is 69.2 Å². The Morgan fingerprint density at radius 1 is 0.482 bits per heavy atom. The second-order valence-corrected chi connectivity index (χ2v) is 16.8. The number of fused-ring (bicyclic) bond motifs is 4. The molecule has 0 aliphatic heterocycles. The number of allylic oxidation sites excluding steroid dienone is 6. The van der Waals surface area contributed by atoms with Crippen molar-refractivity contribution >= 4 is 39.6 Å². The van der Waals surface area contributed by atoms with Crippen LogP contribution < -0.4 is 9.80 Å². The van der Waals surface area contributed by atoms with E-state index < -0.39 is 0 Å². The molecule has 1 unspecified atom stereocenters. The van der Waals surface area contributed by atoms with Gasteiger partial charge in [0.2, 0.25) is 0 Å². The van der Waals surface area contributed by atoms with E-state index in [2.05, 4.69) is 213 Å². The summed E-state index contributed by atoms with van der Waals surface area (Å²) in [5, 5.41) is 0. The summed E-state index contributed by atoms with van der Waals surface area (Å²) in [6.45, 7) is 9.61. The molecule has 2 nitrogen and oxygen atoms in total. The molecule has 2 heteroatoms. The summed E-state index contributed by atoms with van der Waals surface area (Å²) in [7, 11) is 0. The van der Waals surface area contributed by atoms with Crippen LogP contribution in [0, 0.1) is 0 Å². The highest BCUT2D eigenvalue weighted by Crippen LogP contribution is 2.54. The molecule has 274 valence electrons. The monoisotopic (exact) mass is 724 g/mol. The number of anilines is 5. The van der Waals surface area contributed by atoms with Crippen LogP contribution in [0.3, 0.4) is 0 Å². The lowest BCUT2D eigenvalue weighted by Gasteiger charge is -2.41. The normalized spacial score (nSPS) is 18.3. The summed E-state index contributed by atoms with van der Waals surface area (Å²) in [5.74, 6) is 0. The summed E-state index contributed by atoms with van der Waals surface area (Å²) < 4.78 is 0. The van der Waals surface area contributed by atoms with Gasteiger partial charge in [0.05, 0.1) is 6.04 Å². The molecule has 0 amide bonds. The van der Waals surface area contributed by atoms with Crippen LogP contribution in [-0.2, 0) is 10.8 Å². The lowest BCUT2D eigenvalue weighted by molar-refractivity contribution is 0.563. The molecule has 56 heavy (non-hydrogen) atoms. The van der Waals surface area contributed by atoms with Gasteiger partial charge in [-0.25, -0.2) is 0 Å². The summed E-state index contributed by atoms with van der Waals surface area (Å²) >= 11 is 0. The van der Waals surface area contributed by atoms with E-state index in [0.717, 1.165) is 30.6 Å². The van der Waals surface area contributed by atoms with Crippen LogP contribution in [-0.4, -0.2) is 6.04 Å². The van der Waals surface area contributed by atoms with E-state index in [4.69, 9.17) is 0 Å². The molecule has 1 atom stereocenters. The largest absolute Gasteiger partial charge is 0.334 e. The second kappa shape index (κ2) is 13.3. The van der Waals surface area contributed by atoms with Crippen LogP contribution in [0.5, 0.6) is 0 Å². The van der Waals surface area contributed by atoms with Crippen molar-refractivity contribution in [3.05, 3.63) is 209 Å². The van der Waals surface area contributed by atoms with E-state index in [9.17, 15) is 0 Å². The zero-order chi connectivity index (χ0) is 38.0. The topological polar surface area (TPSA) is 6.48 Å². The van der Waals surface area contributed by atoms with Gasteiger partial charge in [-0.3, -0.25) is 0 Å². The molecule has 0 radical (unpaired) electrons. The van der Waals surface area contributed by atoms with Crippen molar-refractivity contribution < 1.29 is 0 Å². The molecular formula is C54H48N2. The molecule has 4 aliphatic carbocycles. The number of para-hydroxylation sites is 2. The SMILES string of the molecule is CC1(C)C2=C(C=CCC2)c2ccc(N(c3ccccc3)c3ccc(-c4ccc(N(c5ccccc5)C5CC=CC6=C5C(C)(C)c5ccccc56)cc4)cc3)cc21. The first-order valence-corrected chi connectivity index (χ1v) is 20.3. The van der Waals surface area contributed by atoms with E-state index in [1.165, 1.54) is 67.2 Å². The van der Waals surface area contributed by atoms with E-state index in [1.54, 1.807) is 5.57 Å². The molecule has 0 N–H and O–H groups in total. The second-order valence-electron chi connectivity index (χ2n) is 16.8. The third kappa shape index (κ3) is 5.46. The van der Waals surface area contributed by atoms with Gasteiger partial charge in [0.15, 0.2) is 0 Å². The van der Waals surface area contributed by atoms with Crippen LogP contribution in [0.15, 0.2) is 187 Å². The van der Waals surface area contributed by atoms with Gasteiger partial charge in [0, 0.05) is 39.3 Å². The number of benzene rings is 6. The van der Waals surface area contributed by atoms with Gasteiger partial charge in [0.25, 0.3) is 0 Å². The van der Waals surface area contributed by atoms with Gasteiger partial charge in [0.1, 0.15) is 0 Å². The molecule has 0 saturated carbocycles. The lowest BCUT2D eigenvalue weighted by Crippen LogP contribution is -2.39. The molecule has 0 fully saturated rings. The summed E-state index contributed by atoms with van der Waals surface area (Å²) in [5.41, 5.74) is 19.8. The Bertz CT molecular complexity index is 2580. The average Bonchev–Trinajstić information content (AvgIpc) is 3.62. The fraction of sp³-hybridized carbons (Fsp3) is 0.185. The molecule has 10 rings (SSSR count). The van der Waals surface area contributed by atoms with Crippen molar-refractivity contribution in [2.75, 3.05) is 9.80 Å². The quantitative estimate of drug-likeness (QED) is 0.162. The van der Waals surface area contributed by atoms with Gasteiger partial charge in [-0.1, -0.05) is 149 Å².